The van der Waals surface area contributed by atoms with Crippen LogP contribution < -0.4 is 4.74 Å². The summed E-state index contributed by atoms with van der Waals surface area (Å²) >= 11 is 0. The molecule has 0 aliphatic carbocycles. The highest BCUT2D eigenvalue weighted by Crippen LogP contribution is 2.30. The van der Waals surface area contributed by atoms with E-state index < -0.39 is 0 Å². The van der Waals surface area contributed by atoms with Crippen molar-refractivity contribution in [2.75, 3.05) is 0 Å². The molecule has 2 rings (SSSR count). The van der Waals surface area contributed by atoms with Crippen molar-refractivity contribution >= 4 is 6.29 Å². The molecule has 0 saturated carbocycles. The first-order valence-corrected chi connectivity index (χ1v) is 5.52. The summed E-state index contributed by atoms with van der Waals surface area (Å²) in [5.74, 6) is 1.01. The van der Waals surface area contributed by atoms with Crippen LogP contribution in [0.15, 0.2) is 18.2 Å². The van der Waals surface area contributed by atoms with Crippen LogP contribution in [0.3, 0.4) is 0 Å². The van der Waals surface area contributed by atoms with Crippen molar-refractivity contribution in [1.29, 1.82) is 0 Å². The van der Waals surface area contributed by atoms with Crippen molar-refractivity contribution in [3.63, 3.8) is 0 Å². The normalized spacial score (nSPS) is 19.1. The summed E-state index contributed by atoms with van der Waals surface area (Å²) < 4.78 is 5.76. The zero-order valence-electron chi connectivity index (χ0n) is 9.03. The van der Waals surface area contributed by atoms with Crippen LogP contribution in [0.1, 0.15) is 30.9 Å². The molecule has 0 bridgehead atoms. The number of fused-ring (bicyclic) bond motifs is 1. The minimum Gasteiger partial charge on any atom is -0.490 e. The van der Waals surface area contributed by atoms with E-state index in [9.17, 15) is 4.79 Å². The average Bonchev–Trinajstić information content (AvgIpc) is 2.25. The number of aryl methyl sites for hydroxylation is 1. The molecule has 0 fully saturated rings. The van der Waals surface area contributed by atoms with Crippen molar-refractivity contribution in [2.24, 2.45) is 0 Å². The Morgan fingerprint density at radius 2 is 2.40 bits per heavy atom. The highest BCUT2D eigenvalue weighted by atomic mass is 16.5. The molecule has 0 radical (unpaired) electrons. The molecular formula is C13H16O2. The third kappa shape index (κ3) is 2.20. The Morgan fingerprint density at radius 3 is 3.20 bits per heavy atom. The number of benzene rings is 1. The summed E-state index contributed by atoms with van der Waals surface area (Å²) in [6.45, 7) is 2.10. The maximum atomic E-state index is 10.4. The molecule has 15 heavy (non-hydrogen) atoms. The van der Waals surface area contributed by atoms with E-state index in [2.05, 4.69) is 13.0 Å². The van der Waals surface area contributed by atoms with Crippen molar-refractivity contribution in [3.05, 3.63) is 29.3 Å². The molecule has 0 saturated heterocycles. The van der Waals surface area contributed by atoms with E-state index in [0.29, 0.717) is 12.5 Å². The van der Waals surface area contributed by atoms with E-state index in [1.165, 1.54) is 11.1 Å². The van der Waals surface area contributed by atoms with Crippen molar-refractivity contribution in [3.8, 4) is 5.75 Å². The van der Waals surface area contributed by atoms with Crippen LogP contribution in [0.2, 0.25) is 0 Å². The summed E-state index contributed by atoms with van der Waals surface area (Å²) in [7, 11) is 0. The fourth-order valence-electron chi connectivity index (χ4n) is 2.08. The minimum atomic E-state index is 0.318. The monoisotopic (exact) mass is 204 g/mol. The predicted octanol–water partition coefficient (Wildman–Crippen LogP) is 2.53. The van der Waals surface area contributed by atoms with Gasteiger partial charge in [0.2, 0.25) is 0 Å². The standard InChI is InChI=1S/C13H16O2/c1-10-7-8-12-11(5-3-9-14)4-2-6-13(12)15-10/h2,4,6,9-10H,3,5,7-8H2,1H3. The molecule has 2 nitrogen and oxygen atoms in total. The Hall–Kier alpha value is -1.31. The molecule has 0 spiro atoms. The molecule has 2 heteroatoms. The maximum absolute atomic E-state index is 10.4. The number of hydrogen-bond acceptors (Lipinski definition) is 2. The quantitative estimate of drug-likeness (QED) is 0.707. The van der Waals surface area contributed by atoms with Gasteiger partial charge in [-0.3, -0.25) is 0 Å². The number of aldehydes is 1. The van der Waals surface area contributed by atoms with Gasteiger partial charge in [0.15, 0.2) is 0 Å². The van der Waals surface area contributed by atoms with Gasteiger partial charge < -0.3 is 9.53 Å². The van der Waals surface area contributed by atoms with Crippen LogP contribution in [0.4, 0.5) is 0 Å². The van der Waals surface area contributed by atoms with Crippen molar-refractivity contribution < 1.29 is 9.53 Å². The molecule has 1 unspecified atom stereocenters. The van der Waals surface area contributed by atoms with Crippen molar-refractivity contribution in [1.82, 2.24) is 0 Å². The van der Waals surface area contributed by atoms with E-state index in [0.717, 1.165) is 31.3 Å². The Balaban J connectivity index is 2.25. The Labute approximate surface area is 90.3 Å². The lowest BCUT2D eigenvalue weighted by molar-refractivity contribution is -0.107. The van der Waals surface area contributed by atoms with Gasteiger partial charge in [0, 0.05) is 6.42 Å². The molecular weight excluding hydrogens is 188 g/mol. The van der Waals surface area contributed by atoms with Gasteiger partial charge >= 0.3 is 0 Å². The summed E-state index contributed by atoms with van der Waals surface area (Å²) in [6.07, 6.45) is 4.89. The van der Waals surface area contributed by atoms with Gasteiger partial charge in [-0.1, -0.05) is 12.1 Å². The van der Waals surface area contributed by atoms with Gasteiger partial charge in [-0.15, -0.1) is 0 Å². The molecule has 1 atom stereocenters. The van der Waals surface area contributed by atoms with Gasteiger partial charge in [0.05, 0.1) is 6.10 Å². The number of carbonyl (C=O) groups excluding carboxylic acids is 1. The largest absolute Gasteiger partial charge is 0.490 e. The average molecular weight is 204 g/mol. The van der Waals surface area contributed by atoms with Crippen LogP contribution in [0, 0.1) is 0 Å². The summed E-state index contributed by atoms with van der Waals surface area (Å²) in [6, 6.07) is 6.13. The maximum Gasteiger partial charge on any atom is 0.123 e. The highest BCUT2D eigenvalue weighted by Gasteiger charge is 2.17. The highest BCUT2D eigenvalue weighted by molar-refractivity contribution is 5.51. The molecule has 80 valence electrons. The first-order chi connectivity index (χ1) is 7.31. The van der Waals surface area contributed by atoms with Gasteiger partial charge in [0.25, 0.3) is 0 Å². The molecule has 1 heterocycles. The molecule has 1 aliphatic heterocycles. The van der Waals surface area contributed by atoms with E-state index in [-0.39, 0.29) is 0 Å². The van der Waals surface area contributed by atoms with Gasteiger partial charge in [-0.25, -0.2) is 0 Å². The van der Waals surface area contributed by atoms with Gasteiger partial charge in [-0.2, -0.15) is 0 Å². The van der Waals surface area contributed by atoms with Crippen LogP contribution in [-0.2, 0) is 17.6 Å². The number of rotatable bonds is 3. The second kappa shape index (κ2) is 4.47. The van der Waals surface area contributed by atoms with Crippen LogP contribution in [0.5, 0.6) is 5.75 Å². The molecule has 1 aromatic rings. The second-order valence-corrected chi connectivity index (χ2v) is 4.07. The summed E-state index contributed by atoms with van der Waals surface area (Å²) in [5.41, 5.74) is 2.57. The Morgan fingerprint density at radius 1 is 1.53 bits per heavy atom. The smallest absolute Gasteiger partial charge is 0.123 e. The first-order valence-electron chi connectivity index (χ1n) is 5.52. The van der Waals surface area contributed by atoms with Crippen LogP contribution >= 0.6 is 0 Å². The lowest BCUT2D eigenvalue weighted by Gasteiger charge is -2.25. The van der Waals surface area contributed by atoms with Gasteiger partial charge in [0.1, 0.15) is 12.0 Å². The lowest BCUT2D eigenvalue weighted by Crippen LogP contribution is -2.19. The molecule has 1 aliphatic rings. The summed E-state index contributed by atoms with van der Waals surface area (Å²) in [5, 5.41) is 0. The lowest BCUT2D eigenvalue weighted by atomic mass is 9.95. The molecule has 0 aromatic heterocycles. The van der Waals surface area contributed by atoms with E-state index in [1.54, 1.807) is 0 Å². The zero-order valence-corrected chi connectivity index (χ0v) is 9.03. The van der Waals surface area contributed by atoms with E-state index >= 15 is 0 Å². The Kier molecular flexibility index (Phi) is 3.05. The Bertz CT molecular complexity index is 358. The molecule has 0 N–H and O–H groups in total. The molecule has 0 amide bonds. The first kappa shape index (κ1) is 10.2. The fraction of sp³-hybridized carbons (Fsp3) is 0.462. The van der Waals surface area contributed by atoms with Crippen LogP contribution in [0.25, 0.3) is 0 Å². The predicted molar refractivity (Wildman–Crippen MR) is 59.2 cm³/mol. The SMILES string of the molecule is CC1CCc2c(CCC=O)cccc2O1. The van der Waals surface area contributed by atoms with Gasteiger partial charge in [-0.05, 0) is 43.4 Å². The number of hydrogen-bond donors (Lipinski definition) is 0. The minimum absolute atomic E-state index is 0.318. The second-order valence-electron chi connectivity index (χ2n) is 4.07. The number of carbonyl (C=O) groups is 1. The topological polar surface area (TPSA) is 26.3 Å². The third-order valence-corrected chi connectivity index (χ3v) is 2.89. The van der Waals surface area contributed by atoms with Crippen LogP contribution in [-0.4, -0.2) is 12.4 Å². The molecule has 1 aromatic carbocycles. The third-order valence-electron chi connectivity index (χ3n) is 2.89. The fourth-order valence-corrected chi connectivity index (χ4v) is 2.08. The zero-order chi connectivity index (χ0) is 10.7. The van der Waals surface area contributed by atoms with E-state index in [4.69, 9.17) is 4.74 Å². The summed E-state index contributed by atoms with van der Waals surface area (Å²) in [4.78, 5) is 10.4. The van der Waals surface area contributed by atoms with E-state index in [1.807, 2.05) is 12.1 Å². The van der Waals surface area contributed by atoms with Crippen molar-refractivity contribution in [2.45, 2.75) is 38.7 Å². The number of ether oxygens (including phenoxy) is 1.